The number of allylic oxidation sites excluding steroid dienone is 2. The molecule has 0 unspecified atom stereocenters. The number of ether oxygens (including phenoxy) is 2. The van der Waals surface area contributed by atoms with Crippen molar-refractivity contribution in [1.82, 2.24) is 9.80 Å². The summed E-state index contributed by atoms with van der Waals surface area (Å²) in [6.45, 7) is 14.1. The van der Waals surface area contributed by atoms with E-state index in [4.69, 9.17) is 9.47 Å². The molecule has 140 valence electrons. The van der Waals surface area contributed by atoms with Crippen LogP contribution < -0.4 is 0 Å². The van der Waals surface area contributed by atoms with Gasteiger partial charge in [0.25, 0.3) is 0 Å². The third-order valence-electron chi connectivity index (χ3n) is 3.91. The molecule has 1 aliphatic rings. The first-order chi connectivity index (χ1) is 11.7. The van der Waals surface area contributed by atoms with Gasteiger partial charge in [0.05, 0.1) is 0 Å². The van der Waals surface area contributed by atoms with Gasteiger partial charge in [-0.25, -0.2) is 9.59 Å². The van der Waals surface area contributed by atoms with Crippen molar-refractivity contribution in [3.05, 3.63) is 37.0 Å². The van der Waals surface area contributed by atoms with E-state index in [1.807, 2.05) is 20.8 Å². The molecule has 6 nitrogen and oxygen atoms in total. The highest BCUT2D eigenvalue weighted by Crippen LogP contribution is 2.19. The van der Waals surface area contributed by atoms with Gasteiger partial charge in [0.2, 0.25) is 0 Å². The maximum absolute atomic E-state index is 12.2. The van der Waals surface area contributed by atoms with Crippen molar-refractivity contribution < 1.29 is 19.1 Å². The number of hydrogen-bond acceptors (Lipinski definition) is 4. The van der Waals surface area contributed by atoms with Crippen molar-refractivity contribution in [1.29, 1.82) is 0 Å². The fourth-order valence-corrected chi connectivity index (χ4v) is 2.48. The Labute approximate surface area is 150 Å². The Morgan fingerprint density at radius 3 is 2.32 bits per heavy atom. The summed E-state index contributed by atoms with van der Waals surface area (Å²) in [5, 5.41) is 0. The minimum Gasteiger partial charge on any atom is -0.445 e. The van der Waals surface area contributed by atoms with Gasteiger partial charge in [0, 0.05) is 26.2 Å². The molecule has 0 aromatic heterocycles. The molecule has 0 saturated carbocycles. The van der Waals surface area contributed by atoms with Crippen molar-refractivity contribution in [3.8, 4) is 0 Å². The maximum Gasteiger partial charge on any atom is 0.410 e. The summed E-state index contributed by atoms with van der Waals surface area (Å²) in [5.41, 5.74) is 0.285. The summed E-state index contributed by atoms with van der Waals surface area (Å²) in [6, 6.07) is 0.0433. The van der Waals surface area contributed by atoms with E-state index in [-0.39, 0.29) is 24.8 Å². The number of likely N-dealkylation sites (tertiary alicyclic amines) is 1. The fraction of sp³-hybridized carbons (Fsp3) is 0.579. The predicted molar refractivity (Wildman–Crippen MR) is 98.4 cm³/mol. The Morgan fingerprint density at radius 2 is 1.84 bits per heavy atom. The molecule has 1 saturated heterocycles. The van der Waals surface area contributed by atoms with Gasteiger partial charge in [0.1, 0.15) is 12.2 Å². The Morgan fingerprint density at radius 1 is 1.24 bits per heavy atom. The number of rotatable bonds is 5. The van der Waals surface area contributed by atoms with Crippen molar-refractivity contribution >= 4 is 12.2 Å². The summed E-state index contributed by atoms with van der Waals surface area (Å²) >= 11 is 0. The van der Waals surface area contributed by atoms with Crippen LogP contribution in [0.3, 0.4) is 0 Å². The van der Waals surface area contributed by atoms with E-state index in [2.05, 4.69) is 13.2 Å². The van der Waals surface area contributed by atoms with Crippen LogP contribution in [0, 0.1) is 0 Å². The number of piperidine rings is 1. The molecule has 2 amide bonds. The van der Waals surface area contributed by atoms with Crippen LogP contribution >= 0.6 is 0 Å². The lowest BCUT2D eigenvalue weighted by atomic mass is 10.0. The van der Waals surface area contributed by atoms with Gasteiger partial charge in [-0.15, -0.1) is 0 Å². The second-order valence-electron chi connectivity index (χ2n) is 7.05. The van der Waals surface area contributed by atoms with Crippen LogP contribution in [0.25, 0.3) is 0 Å². The maximum atomic E-state index is 12.2. The average molecular weight is 350 g/mol. The van der Waals surface area contributed by atoms with E-state index in [1.165, 1.54) is 0 Å². The molecule has 0 aromatic carbocycles. The molecule has 0 spiro atoms. The fourth-order valence-electron chi connectivity index (χ4n) is 2.48. The first-order valence-electron chi connectivity index (χ1n) is 8.49. The molecule has 0 atom stereocenters. The molecule has 0 radical (unpaired) electrons. The first-order valence-corrected chi connectivity index (χ1v) is 8.49. The van der Waals surface area contributed by atoms with Gasteiger partial charge in [0.15, 0.2) is 0 Å². The summed E-state index contributed by atoms with van der Waals surface area (Å²) in [4.78, 5) is 27.5. The molecule has 0 aromatic rings. The molecule has 1 fully saturated rings. The van der Waals surface area contributed by atoms with Crippen LogP contribution in [-0.2, 0) is 9.47 Å². The van der Waals surface area contributed by atoms with E-state index in [1.54, 1.807) is 35.1 Å². The van der Waals surface area contributed by atoms with Crippen LogP contribution in [0.2, 0.25) is 0 Å². The van der Waals surface area contributed by atoms with Gasteiger partial charge in [-0.2, -0.15) is 0 Å². The Balaban J connectivity index is 2.46. The Hall–Kier alpha value is -2.24. The first kappa shape index (κ1) is 20.8. The molecule has 6 heteroatoms. The van der Waals surface area contributed by atoms with Gasteiger partial charge < -0.3 is 19.3 Å². The number of amides is 2. The van der Waals surface area contributed by atoms with Crippen molar-refractivity contribution in [2.75, 3.05) is 26.7 Å². The molecule has 0 aliphatic carbocycles. The average Bonchev–Trinajstić information content (AvgIpc) is 2.56. The molecule has 1 rings (SSSR count). The Kier molecular flexibility index (Phi) is 7.74. The summed E-state index contributed by atoms with van der Waals surface area (Å²) in [5.74, 6) is 0. The zero-order chi connectivity index (χ0) is 19.0. The minimum absolute atomic E-state index is 0.0433. The molecular formula is C19H30N2O4. The monoisotopic (exact) mass is 350 g/mol. The number of nitrogens with zero attached hydrogens (tertiary/aromatic N) is 2. The van der Waals surface area contributed by atoms with E-state index < -0.39 is 5.60 Å². The molecule has 0 bridgehead atoms. The highest BCUT2D eigenvalue weighted by Gasteiger charge is 2.30. The molecule has 1 heterocycles. The van der Waals surface area contributed by atoms with Crippen LogP contribution in [0.1, 0.15) is 33.6 Å². The van der Waals surface area contributed by atoms with Crippen molar-refractivity contribution in [3.63, 3.8) is 0 Å². The smallest absolute Gasteiger partial charge is 0.410 e. The zero-order valence-electron chi connectivity index (χ0n) is 15.8. The minimum atomic E-state index is -0.504. The van der Waals surface area contributed by atoms with E-state index in [9.17, 15) is 9.59 Å². The second kappa shape index (κ2) is 9.30. The normalized spacial score (nSPS) is 16.2. The van der Waals surface area contributed by atoms with Crippen molar-refractivity contribution in [2.45, 2.75) is 45.3 Å². The second-order valence-corrected chi connectivity index (χ2v) is 7.05. The van der Waals surface area contributed by atoms with Crippen LogP contribution in [0.5, 0.6) is 0 Å². The van der Waals surface area contributed by atoms with Gasteiger partial charge in [-0.1, -0.05) is 31.4 Å². The highest BCUT2D eigenvalue weighted by molar-refractivity contribution is 5.69. The summed E-state index contributed by atoms with van der Waals surface area (Å²) < 4.78 is 10.7. The van der Waals surface area contributed by atoms with E-state index >= 15 is 0 Å². The topological polar surface area (TPSA) is 59.1 Å². The highest BCUT2D eigenvalue weighted by atomic mass is 16.6. The SMILES string of the molecule is C=C/C=C(\C=C)COC(=O)N(C)C1CCN(C(=O)OC(C)(C)C)CC1. The van der Waals surface area contributed by atoms with Crippen molar-refractivity contribution in [2.24, 2.45) is 0 Å². The largest absolute Gasteiger partial charge is 0.445 e. The quantitative estimate of drug-likeness (QED) is 0.709. The predicted octanol–water partition coefficient (Wildman–Crippen LogP) is 3.75. The number of carbonyl (C=O) groups excluding carboxylic acids is 2. The lowest BCUT2D eigenvalue weighted by Gasteiger charge is -2.36. The summed E-state index contributed by atoms with van der Waals surface area (Å²) in [7, 11) is 1.72. The van der Waals surface area contributed by atoms with Gasteiger partial charge in [-0.3, -0.25) is 0 Å². The van der Waals surface area contributed by atoms with Crippen LogP contribution in [0.4, 0.5) is 9.59 Å². The standard InChI is InChI=1S/C19H30N2O4/c1-7-9-15(8-2)14-24-17(22)20(6)16-10-12-21(13-11-16)18(23)25-19(3,4)5/h7-9,16H,1-2,10-14H2,3-6H3/b15-9+. The lowest BCUT2D eigenvalue weighted by molar-refractivity contribution is 0.0156. The zero-order valence-corrected chi connectivity index (χ0v) is 15.8. The number of carbonyl (C=O) groups is 2. The molecule has 0 N–H and O–H groups in total. The molecular weight excluding hydrogens is 320 g/mol. The third-order valence-corrected chi connectivity index (χ3v) is 3.91. The van der Waals surface area contributed by atoms with E-state index in [0.29, 0.717) is 25.9 Å². The van der Waals surface area contributed by atoms with Gasteiger partial charge in [-0.05, 0) is 39.2 Å². The van der Waals surface area contributed by atoms with Crippen LogP contribution in [0.15, 0.2) is 37.0 Å². The number of hydrogen-bond donors (Lipinski definition) is 0. The lowest BCUT2D eigenvalue weighted by Crippen LogP contribution is -2.48. The van der Waals surface area contributed by atoms with Crippen LogP contribution in [-0.4, -0.2) is 60.4 Å². The van der Waals surface area contributed by atoms with E-state index in [0.717, 1.165) is 5.57 Å². The summed E-state index contributed by atoms with van der Waals surface area (Å²) in [6.07, 6.45) is 5.71. The third kappa shape index (κ3) is 7.03. The molecule has 25 heavy (non-hydrogen) atoms. The Bertz CT molecular complexity index is 526. The van der Waals surface area contributed by atoms with Gasteiger partial charge >= 0.3 is 12.2 Å². The molecule has 1 aliphatic heterocycles.